The minimum Gasteiger partial charge on any atom is -0.495 e. The number of halogens is 1. The summed E-state index contributed by atoms with van der Waals surface area (Å²) in [6.07, 6.45) is 0.559. The van der Waals surface area contributed by atoms with Gasteiger partial charge in [-0.05, 0) is 36.2 Å². The Morgan fingerprint density at radius 1 is 1.22 bits per heavy atom. The molecule has 27 heavy (non-hydrogen) atoms. The lowest BCUT2D eigenvalue weighted by Gasteiger charge is -2.21. The zero-order chi connectivity index (χ0) is 19.8. The number of hydrogen-bond acceptors (Lipinski definition) is 5. The number of aliphatic hydroxyl groups is 1. The van der Waals surface area contributed by atoms with Gasteiger partial charge in [-0.1, -0.05) is 29.8 Å². The van der Waals surface area contributed by atoms with Crippen LogP contribution in [0.1, 0.15) is 29.3 Å². The zero-order valence-electron chi connectivity index (χ0n) is 15.4. The van der Waals surface area contributed by atoms with Crippen molar-refractivity contribution in [2.75, 3.05) is 25.6 Å². The molecule has 0 heterocycles. The number of benzene rings is 2. The van der Waals surface area contributed by atoms with Crippen LogP contribution in [0.15, 0.2) is 42.5 Å². The van der Waals surface area contributed by atoms with E-state index in [1.165, 1.54) is 18.9 Å². The molecular formula is C20H23ClN2O4. The van der Waals surface area contributed by atoms with Crippen LogP contribution in [0.5, 0.6) is 5.75 Å². The Labute approximate surface area is 163 Å². The van der Waals surface area contributed by atoms with E-state index in [1.54, 1.807) is 42.5 Å². The van der Waals surface area contributed by atoms with Crippen LogP contribution in [0.3, 0.4) is 0 Å². The normalized spacial score (nSPS) is 10.4. The SMILES string of the molecule is COc1cc(CN(C(C)=O)C(=O)c2ccccc2NCCCO)ccc1Cl. The summed E-state index contributed by atoms with van der Waals surface area (Å²) in [6.45, 7) is 2.04. The van der Waals surface area contributed by atoms with Gasteiger partial charge in [-0.3, -0.25) is 14.5 Å². The number of carbonyl (C=O) groups excluding carboxylic acids is 2. The zero-order valence-corrected chi connectivity index (χ0v) is 16.1. The Bertz CT molecular complexity index is 810. The molecule has 0 atom stereocenters. The molecule has 2 rings (SSSR count). The maximum atomic E-state index is 13.0. The monoisotopic (exact) mass is 390 g/mol. The Morgan fingerprint density at radius 2 is 1.96 bits per heavy atom. The van der Waals surface area contributed by atoms with Gasteiger partial charge in [0, 0.05) is 25.8 Å². The fourth-order valence-corrected chi connectivity index (χ4v) is 2.78. The molecule has 0 aliphatic rings. The molecule has 0 spiro atoms. The number of hydrogen-bond donors (Lipinski definition) is 2. The number of aliphatic hydroxyl groups excluding tert-OH is 1. The third-order valence-corrected chi connectivity index (χ3v) is 4.30. The third kappa shape index (κ3) is 5.45. The van der Waals surface area contributed by atoms with Crippen LogP contribution in [0.2, 0.25) is 5.02 Å². The van der Waals surface area contributed by atoms with Gasteiger partial charge in [0.25, 0.3) is 5.91 Å². The van der Waals surface area contributed by atoms with E-state index in [2.05, 4.69) is 5.32 Å². The molecule has 7 heteroatoms. The number of nitrogens with one attached hydrogen (secondary N) is 1. The maximum Gasteiger partial charge on any atom is 0.262 e. The molecule has 2 N–H and O–H groups in total. The van der Waals surface area contributed by atoms with E-state index in [0.29, 0.717) is 35.0 Å². The molecule has 0 bridgehead atoms. The van der Waals surface area contributed by atoms with E-state index in [-0.39, 0.29) is 19.1 Å². The summed E-state index contributed by atoms with van der Waals surface area (Å²) < 4.78 is 5.20. The Morgan fingerprint density at radius 3 is 2.63 bits per heavy atom. The van der Waals surface area contributed by atoms with Gasteiger partial charge < -0.3 is 15.2 Å². The fraction of sp³-hybridized carbons (Fsp3) is 0.300. The maximum absolute atomic E-state index is 13.0. The van der Waals surface area contributed by atoms with Crippen molar-refractivity contribution in [3.63, 3.8) is 0 Å². The smallest absolute Gasteiger partial charge is 0.262 e. The summed E-state index contributed by atoms with van der Waals surface area (Å²) in [7, 11) is 1.51. The topological polar surface area (TPSA) is 78.9 Å². The molecule has 2 amide bonds. The van der Waals surface area contributed by atoms with Gasteiger partial charge in [0.1, 0.15) is 5.75 Å². The van der Waals surface area contributed by atoms with Gasteiger partial charge in [-0.15, -0.1) is 0 Å². The highest BCUT2D eigenvalue weighted by atomic mass is 35.5. The molecule has 0 saturated heterocycles. The second kappa shape index (κ2) is 9.94. The molecule has 2 aromatic carbocycles. The first-order valence-electron chi connectivity index (χ1n) is 8.56. The number of para-hydroxylation sites is 1. The quantitative estimate of drug-likeness (QED) is 0.676. The summed E-state index contributed by atoms with van der Waals surface area (Å²) in [6, 6.07) is 12.1. The molecule has 0 aliphatic carbocycles. The molecule has 0 fully saturated rings. The summed E-state index contributed by atoms with van der Waals surface area (Å²) in [5.74, 6) is -0.279. The van der Waals surface area contributed by atoms with Crippen LogP contribution in [0.4, 0.5) is 5.69 Å². The van der Waals surface area contributed by atoms with Crippen LogP contribution in [-0.2, 0) is 11.3 Å². The lowest BCUT2D eigenvalue weighted by molar-refractivity contribution is -0.126. The number of methoxy groups -OCH3 is 1. The van der Waals surface area contributed by atoms with E-state index in [4.69, 9.17) is 21.4 Å². The van der Waals surface area contributed by atoms with E-state index >= 15 is 0 Å². The first kappa shape index (κ1) is 20.7. The van der Waals surface area contributed by atoms with Gasteiger partial charge in [-0.2, -0.15) is 0 Å². The number of carbonyl (C=O) groups is 2. The highest BCUT2D eigenvalue weighted by molar-refractivity contribution is 6.32. The molecule has 0 saturated carbocycles. The number of amides is 2. The molecule has 0 radical (unpaired) electrons. The Kier molecular flexibility index (Phi) is 7.64. The van der Waals surface area contributed by atoms with Crippen LogP contribution < -0.4 is 10.1 Å². The molecule has 144 valence electrons. The molecular weight excluding hydrogens is 368 g/mol. The van der Waals surface area contributed by atoms with E-state index in [9.17, 15) is 9.59 Å². The Balaban J connectivity index is 2.27. The first-order chi connectivity index (χ1) is 13.0. The van der Waals surface area contributed by atoms with Crippen LogP contribution in [-0.4, -0.2) is 42.1 Å². The number of imide groups is 1. The van der Waals surface area contributed by atoms with Crippen molar-refractivity contribution in [2.24, 2.45) is 0 Å². The molecule has 0 aliphatic heterocycles. The summed E-state index contributed by atoms with van der Waals surface area (Å²) in [5.41, 5.74) is 1.74. The van der Waals surface area contributed by atoms with E-state index in [0.717, 1.165) is 5.56 Å². The number of anilines is 1. The van der Waals surface area contributed by atoms with Gasteiger partial charge in [-0.25, -0.2) is 0 Å². The highest BCUT2D eigenvalue weighted by Crippen LogP contribution is 2.26. The molecule has 0 aromatic heterocycles. The summed E-state index contributed by atoms with van der Waals surface area (Å²) >= 11 is 6.04. The third-order valence-electron chi connectivity index (χ3n) is 3.99. The van der Waals surface area contributed by atoms with Crippen LogP contribution >= 0.6 is 11.6 Å². The number of ether oxygens (including phenoxy) is 1. The number of rotatable bonds is 8. The summed E-state index contributed by atoms with van der Waals surface area (Å²) in [4.78, 5) is 26.4. The predicted molar refractivity (Wildman–Crippen MR) is 105 cm³/mol. The van der Waals surface area contributed by atoms with Crippen LogP contribution in [0.25, 0.3) is 0 Å². The van der Waals surface area contributed by atoms with Gasteiger partial charge in [0.15, 0.2) is 0 Å². The predicted octanol–water partition coefficient (Wildman–Crippen LogP) is 3.33. The molecule has 2 aromatic rings. The second-order valence-corrected chi connectivity index (χ2v) is 6.34. The molecule has 0 unspecified atom stereocenters. The van der Waals surface area contributed by atoms with Crippen molar-refractivity contribution in [1.29, 1.82) is 0 Å². The van der Waals surface area contributed by atoms with Crippen molar-refractivity contribution >= 4 is 29.1 Å². The summed E-state index contributed by atoms with van der Waals surface area (Å²) in [5, 5.41) is 12.5. The average molecular weight is 391 g/mol. The van der Waals surface area contributed by atoms with Crippen molar-refractivity contribution in [1.82, 2.24) is 4.90 Å². The first-order valence-corrected chi connectivity index (χ1v) is 8.94. The fourth-order valence-electron chi connectivity index (χ4n) is 2.58. The standard InChI is InChI=1S/C20H23ClN2O4/c1-14(25)23(13-15-8-9-17(21)19(12-15)27-2)20(26)16-6-3-4-7-18(16)22-10-5-11-24/h3-4,6-9,12,22,24H,5,10-11,13H2,1-2H3. The second-order valence-electron chi connectivity index (χ2n) is 5.93. The van der Waals surface area contributed by atoms with Gasteiger partial charge in [0.05, 0.1) is 24.2 Å². The van der Waals surface area contributed by atoms with Crippen molar-refractivity contribution < 1.29 is 19.4 Å². The van der Waals surface area contributed by atoms with E-state index < -0.39 is 5.91 Å². The lowest BCUT2D eigenvalue weighted by atomic mass is 10.1. The van der Waals surface area contributed by atoms with Crippen molar-refractivity contribution in [3.05, 3.63) is 58.6 Å². The van der Waals surface area contributed by atoms with Gasteiger partial charge in [0.2, 0.25) is 5.91 Å². The average Bonchev–Trinajstić information content (AvgIpc) is 2.67. The lowest BCUT2D eigenvalue weighted by Crippen LogP contribution is -2.35. The van der Waals surface area contributed by atoms with Crippen molar-refractivity contribution in [3.8, 4) is 5.75 Å². The minimum atomic E-state index is -0.400. The highest BCUT2D eigenvalue weighted by Gasteiger charge is 2.22. The Hall–Kier alpha value is -2.57. The van der Waals surface area contributed by atoms with Crippen molar-refractivity contribution in [2.45, 2.75) is 19.9 Å². The largest absolute Gasteiger partial charge is 0.495 e. The van der Waals surface area contributed by atoms with E-state index in [1.807, 2.05) is 0 Å². The number of nitrogens with zero attached hydrogens (tertiary/aromatic N) is 1. The van der Waals surface area contributed by atoms with Crippen LogP contribution in [0, 0.1) is 0 Å². The minimum absolute atomic E-state index is 0.0566. The molecule has 6 nitrogen and oxygen atoms in total. The van der Waals surface area contributed by atoms with Gasteiger partial charge >= 0.3 is 0 Å².